The minimum Gasteiger partial charge on any atom is -0.508 e. The molecule has 8 nitrogen and oxygen atoms in total. The van der Waals surface area contributed by atoms with Gasteiger partial charge in [0, 0.05) is 49.1 Å². The highest BCUT2D eigenvalue weighted by Crippen LogP contribution is 2.46. The van der Waals surface area contributed by atoms with Crippen LogP contribution < -0.4 is 19.7 Å². The second kappa shape index (κ2) is 11.2. The minimum atomic E-state index is -0.907. The van der Waals surface area contributed by atoms with E-state index in [9.17, 15) is 13.9 Å². The van der Waals surface area contributed by atoms with Crippen LogP contribution in [0.5, 0.6) is 17.5 Å². The Kier molecular flexibility index (Phi) is 7.17. The number of aromatic hydroxyl groups is 1. The van der Waals surface area contributed by atoms with Crippen LogP contribution in [-0.2, 0) is 0 Å². The summed E-state index contributed by atoms with van der Waals surface area (Å²) in [6, 6.07) is 8.27. The van der Waals surface area contributed by atoms with Crippen LogP contribution in [0.4, 0.5) is 19.0 Å². The highest BCUT2D eigenvalue weighted by molar-refractivity contribution is 6.04. The topological polar surface area (TPSA) is 83.0 Å². The van der Waals surface area contributed by atoms with Gasteiger partial charge in [-0.1, -0.05) is 6.07 Å². The van der Waals surface area contributed by atoms with Gasteiger partial charge >= 0.3 is 6.01 Å². The first-order chi connectivity index (χ1) is 22.2. The number of rotatable bonds is 7. The predicted octanol–water partition coefficient (Wildman–Crippen LogP) is 6.04. The third-order valence-electron chi connectivity index (χ3n) is 10.5. The Balaban J connectivity index is 1.32. The summed E-state index contributed by atoms with van der Waals surface area (Å²) in [4.78, 5) is 13.9. The van der Waals surface area contributed by atoms with E-state index in [1.54, 1.807) is 19.1 Å². The lowest BCUT2D eigenvalue weighted by Crippen LogP contribution is -2.51. The Morgan fingerprint density at radius 3 is 2.65 bits per heavy atom. The molecular formula is C35H38F3N5O3. The lowest BCUT2D eigenvalue weighted by molar-refractivity contribution is 0.107. The number of benzene rings is 3. The molecule has 1 aromatic heterocycles. The van der Waals surface area contributed by atoms with E-state index in [1.807, 2.05) is 6.92 Å². The fourth-order valence-corrected chi connectivity index (χ4v) is 8.41. The van der Waals surface area contributed by atoms with Gasteiger partial charge in [0.05, 0.1) is 17.7 Å². The van der Waals surface area contributed by atoms with Crippen molar-refractivity contribution in [3.8, 4) is 28.6 Å². The average Bonchev–Trinajstić information content (AvgIpc) is 3.68. The lowest BCUT2D eigenvalue weighted by Gasteiger charge is -2.35. The molecule has 4 aliphatic heterocycles. The van der Waals surface area contributed by atoms with Gasteiger partial charge in [-0.15, -0.1) is 0 Å². The number of fused-ring (bicyclic) bond motifs is 5. The molecule has 4 atom stereocenters. The lowest BCUT2D eigenvalue weighted by atomic mass is 9.92. The fraction of sp³-hybridized carbons (Fsp3) is 0.486. The summed E-state index contributed by atoms with van der Waals surface area (Å²) < 4.78 is 59.0. The van der Waals surface area contributed by atoms with E-state index in [-0.39, 0.29) is 41.8 Å². The van der Waals surface area contributed by atoms with Gasteiger partial charge in [0.15, 0.2) is 5.82 Å². The van der Waals surface area contributed by atoms with E-state index in [1.165, 1.54) is 18.2 Å². The van der Waals surface area contributed by atoms with Gasteiger partial charge in [-0.2, -0.15) is 9.97 Å². The van der Waals surface area contributed by atoms with Gasteiger partial charge in [-0.25, -0.2) is 13.2 Å². The van der Waals surface area contributed by atoms with Crippen LogP contribution in [0.2, 0.25) is 0 Å². The predicted molar refractivity (Wildman–Crippen MR) is 171 cm³/mol. The standard InChI is InChI=1S/C35H38F3N5O3/c1-3-45-28-13-26-32(31(38)30(28)25-12-24(44)11-20-5-8-27(37)19(2)29(20)25)40-34(41-33(26)42-16-22-6-7-23(17-42)39-22)46-18-35-9-4-10-43(35)15-21(36)14-35/h5,8,11-13,21-23,39,44H,3-4,6-7,9-10,14-18H2,1-2H3/t21-,22?,23?,35+/m1/s1. The number of alkyl halides is 1. The SMILES string of the molecule is CCOc1cc2c(N3CC4CCC(C3)N4)nc(OC[C@@]34CCCN3C[C@H](F)C4)nc2c(F)c1-c1cc(O)cc2ccc(F)c(C)c12. The minimum absolute atomic E-state index is 0.0360. The number of aryl methyl sites for hydroxylation is 1. The third kappa shape index (κ3) is 4.81. The number of phenols is 1. The van der Waals surface area contributed by atoms with Crippen LogP contribution in [0, 0.1) is 18.6 Å². The third-order valence-corrected chi connectivity index (χ3v) is 10.5. The maximum absolute atomic E-state index is 17.2. The zero-order chi connectivity index (χ0) is 31.7. The number of halogens is 3. The summed E-state index contributed by atoms with van der Waals surface area (Å²) in [5, 5.41) is 15.9. The van der Waals surface area contributed by atoms with Gasteiger partial charge in [0.25, 0.3) is 0 Å². The molecule has 4 fully saturated rings. The number of nitrogens with zero attached hydrogens (tertiary/aromatic N) is 4. The maximum Gasteiger partial charge on any atom is 0.319 e. The van der Waals surface area contributed by atoms with E-state index in [0.29, 0.717) is 71.2 Å². The van der Waals surface area contributed by atoms with Crippen molar-refractivity contribution < 1.29 is 27.8 Å². The normalized spacial score (nSPS) is 25.9. The van der Waals surface area contributed by atoms with Crippen molar-refractivity contribution in [2.24, 2.45) is 0 Å². The Morgan fingerprint density at radius 1 is 1.07 bits per heavy atom. The molecule has 0 radical (unpaired) electrons. The van der Waals surface area contributed by atoms with Gasteiger partial charge in [-0.05, 0) is 86.7 Å². The molecule has 5 heterocycles. The summed E-state index contributed by atoms with van der Waals surface area (Å²) in [6.45, 7) is 6.55. The van der Waals surface area contributed by atoms with Gasteiger partial charge < -0.3 is 24.8 Å². The van der Waals surface area contributed by atoms with Crippen molar-refractivity contribution in [2.45, 2.75) is 69.7 Å². The highest BCUT2D eigenvalue weighted by atomic mass is 19.1. The van der Waals surface area contributed by atoms with Gasteiger partial charge in [0.1, 0.15) is 41.4 Å². The first-order valence-electron chi connectivity index (χ1n) is 16.3. The molecule has 4 aliphatic rings. The molecule has 242 valence electrons. The molecule has 11 heteroatoms. The summed E-state index contributed by atoms with van der Waals surface area (Å²) in [6.07, 6.45) is 3.39. The number of nitrogens with one attached hydrogen (secondary N) is 1. The largest absolute Gasteiger partial charge is 0.508 e. The number of phenolic OH excluding ortho intramolecular Hbond substituents is 1. The Hall–Kier alpha value is -3.83. The van der Waals surface area contributed by atoms with Crippen molar-refractivity contribution in [3.05, 3.63) is 47.5 Å². The molecule has 2 N–H and O–H groups in total. The summed E-state index contributed by atoms with van der Waals surface area (Å²) in [5.41, 5.74) is 0.345. The number of anilines is 1. The molecule has 3 aromatic carbocycles. The monoisotopic (exact) mass is 633 g/mol. The molecule has 0 spiro atoms. The van der Waals surface area contributed by atoms with Gasteiger partial charge in [-0.3, -0.25) is 4.90 Å². The zero-order valence-corrected chi connectivity index (χ0v) is 26.1. The van der Waals surface area contributed by atoms with Crippen LogP contribution in [0.25, 0.3) is 32.8 Å². The molecule has 2 unspecified atom stereocenters. The second-order valence-electron chi connectivity index (χ2n) is 13.4. The number of aromatic nitrogens is 2. The number of ether oxygens (including phenoxy) is 2. The molecule has 46 heavy (non-hydrogen) atoms. The van der Waals surface area contributed by atoms with Crippen LogP contribution >= 0.6 is 0 Å². The van der Waals surface area contributed by atoms with Crippen molar-refractivity contribution in [3.63, 3.8) is 0 Å². The average molecular weight is 634 g/mol. The Labute approximate surface area is 265 Å². The summed E-state index contributed by atoms with van der Waals surface area (Å²) in [5.74, 6) is -0.380. The maximum atomic E-state index is 17.2. The fourth-order valence-electron chi connectivity index (χ4n) is 8.41. The van der Waals surface area contributed by atoms with Crippen LogP contribution in [0.1, 0.15) is 44.6 Å². The summed E-state index contributed by atoms with van der Waals surface area (Å²) in [7, 11) is 0. The van der Waals surface area contributed by atoms with Crippen molar-refractivity contribution in [2.75, 3.05) is 44.3 Å². The molecule has 4 saturated heterocycles. The van der Waals surface area contributed by atoms with Crippen molar-refractivity contribution in [1.29, 1.82) is 0 Å². The zero-order valence-electron chi connectivity index (χ0n) is 26.1. The van der Waals surface area contributed by atoms with Crippen molar-refractivity contribution >= 4 is 27.5 Å². The van der Waals surface area contributed by atoms with E-state index in [4.69, 9.17) is 14.5 Å². The van der Waals surface area contributed by atoms with Gasteiger partial charge in [0.2, 0.25) is 0 Å². The first kappa shape index (κ1) is 29.6. The van der Waals surface area contributed by atoms with E-state index in [2.05, 4.69) is 20.1 Å². The number of piperazine rings is 1. The van der Waals surface area contributed by atoms with Crippen molar-refractivity contribution in [1.82, 2.24) is 20.2 Å². The number of hydrogen-bond donors (Lipinski definition) is 2. The van der Waals surface area contributed by atoms with Crippen LogP contribution in [-0.4, -0.2) is 83.2 Å². The number of hydrogen-bond acceptors (Lipinski definition) is 8. The van der Waals surface area contributed by atoms with E-state index >= 15 is 4.39 Å². The Bertz CT molecular complexity index is 1840. The molecule has 0 amide bonds. The molecular weight excluding hydrogens is 595 g/mol. The second-order valence-corrected chi connectivity index (χ2v) is 13.4. The van der Waals surface area contributed by atoms with E-state index in [0.717, 1.165) is 32.2 Å². The Morgan fingerprint density at radius 2 is 1.87 bits per heavy atom. The molecule has 8 rings (SSSR count). The quantitative estimate of drug-likeness (QED) is 0.255. The molecule has 0 saturated carbocycles. The molecule has 2 bridgehead atoms. The van der Waals surface area contributed by atoms with E-state index < -0.39 is 23.3 Å². The highest BCUT2D eigenvalue weighted by Gasteiger charge is 2.49. The first-order valence-corrected chi connectivity index (χ1v) is 16.3. The smallest absolute Gasteiger partial charge is 0.319 e. The molecule has 0 aliphatic carbocycles. The van der Waals surface area contributed by atoms with Crippen LogP contribution in [0.3, 0.4) is 0 Å². The molecule has 4 aromatic rings. The van der Waals surface area contributed by atoms with Crippen LogP contribution in [0.15, 0.2) is 30.3 Å². The summed E-state index contributed by atoms with van der Waals surface area (Å²) >= 11 is 0.